The number of nitrogens with zero attached hydrogens (tertiary/aromatic N) is 3. The predicted molar refractivity (Wildman–Crippen MR) is 99.4 cm³/mol. The lowest BCUT2D eigenvalue weighted by Crippen LogP contribution is -2.23. The van der Waals surface area contributed by atoms with Gasteiger partial charge in [0.15, 0.2) is 5.82 Å². The number of rotatable bonds is 3. The maximum absolute atomic E-state index is 5.11. The van der Waals surface area contributed by atoms with Gasteiger partial charge in [-0.2, -0.15) is 5.10 Å². The molecule has 0 N–H and O–H groups in total. The Morgan fingerprint density at radius 3 is 2.48 bits per heavy atom. The topological polar surface area (TPSA) is 30.7 Å². The first-order chi connectivity index (χ1) is 12.4. The molecule has 0 radical (unpaired) electrons. The summed E-state index contributed by atoms with van der Waals surface area (Å²) in [6, 6.07) is 10.9. The number of fused-ring (bicyclic) bond motifs is 3. The second-order valence-corrected chi connectivity index (χ2v) is 8.46. The Kier molecular flexibility index (Phi) is 4.11. The molecule has 3 heteroatoms. The fourth-order valence-electron chi connectivity index (χ4n) is 5.80. The lowest BCUT2D eigenvalue weighted by Gasteiger charge is -2.29. The van der Waals surface area contributed by atoms with E-state index in [-0.39, 0.29) is 0 Å². The van der Waals surface area contributed by atoms with Gasteiger partial charge in [-0.05, 0) is 49.0 Å². The van der Waals surface area contributed by atoms with Crippen LogP contribution in [0.5, 0.6) is 0 Å². The van der Waals surface area contributed by atoms with E-state index in [1.165, 1.54) is 62.8 Å². The van der Waals surface area contributed by atoms with Crippen molar-refractivity contribution in [2.24, 2.45) is 17.8 Å². The van der Waals surface area contributed by atoms with Crippen molar-refractivity contribution in [2.45, 2.75) is 70.3 Å². The first kappa shape index (κ1) is 15.6. The largest absolute Gasteiger partial charge is 0.249 e. The van der Waals surface area contributed by atoms with Crippen molar-refractivity contribution in [1.82, 2.24) is 14.8 Å². The Morgan fingerprint density at radius 1 is 0.880 bits per heavy atom. The van der Waals surface area contributed by atoms with E-state index in [9.17, 15) is 0 Å². The van der Waals surface area contributed by atoms with E-state index in [0.29, 0.717) is 5.92 Å². The van der Waals surface area contributed by atoms with Crippen molar-refractivity contribution >= 4 is 0 Å². The predicted octanol–water partition coefficient (Wildman–Crippen LogP) is 4.96. The van der Waals surface area contributed by atoms with Crippen molar-refractivity contribution in [3.63, 3.8) is 0 Å². The van der Waals surface area contributed by atoms with Gasteiger partial charge < -0.3 is 0 Å². The summed E-state index contributed by atoms with van der Waals surface area (Å²) in [6.07, 6.45) is 12.1. The van der Waals surface area contributed by atoms with Crippen LogP contribution in [0.4, 0.5) is 0 Å². The van der Waals surface area contributed by atoms with Crippen molar-refractivity contribution in [1.29, 1.82) is 0 Å². The van der Waals surface area contributed by atoms with Crippen molar-refractivity contribution in [2.75, 3.05) is 0 Å². The number of hydrogen-bond donors (Lipinski definition) is 0. The second-order valence-electron chi connectivity index (χ2n) is 8.46. The van der Waals surface area contributed by atoms with Gasteiger partial charge in [0, 0.05) is 18.9 Å². The summed E-state index contributed by atoms with van der Waals surface area (Å²) >= 11 is 0. The molecule has 2 aliphatic carbocycles. The normalized spacial score (nSPS) is 31.5. The van der Waals surface area contributed by atoms with Gasteiger partial charge in [0.25, 0.3) is 0 Å². The number of aryl methyl sites for hydroxylation is 1. The zero-order valence-corrected chi connectivity index (χ0v) is 15.1. The molecule has 1 aliphatic heterocycles. The van der Waals surface area contributed by atoms with Crippen LogP contribution in [-0.2, 0) is 13.0 Å². The summed E-state index contributed by atoms with van der Waals surface area (Å²) in [4.78, 5) is 5.11. The summed E-state index contributed by atoms with van der Waals surface area (Å²) in [7, 11) is 0. The summed E-state index contributed by atoms with van der Waals surface area (Å²) in [6.45, 7) is 1.04. The van der Waals surface area contributed by atoms with Crippen LogP contribution in [-0.4, -0.2) is 14.8 Å². The lowest BCUT2D eigenvalue weighted by molar-refractivity contribution is 0.223. The van der Waals surface area contributed by atoms with Crippen LogP contribution in [0.15, 0.2) is 30.3 Å². The van der Waals surface area contributed by atoms with E-state index in [0.717, 1.165) is 36.5 Å². The molecular weight excluding hydrogens is 306 g/mol. The monoisotopic (exact) mass is 335 g/mol. The van der Waals surface area contributed by atoms with Gasteiger partial charge in [0.2, 0.25) is 0 Å². The van der Waals surface area contributed by atoms with Gasteiger partial charge in [-0.1, -0.05) is 56.0 Å². The average molecular weight is 335 g/mol. The number of hydrogen-bond acceptors (Lipinski definition) is 2. The summed E-state index contributed by atoms with van der Waals surface area (Å²) in [5, 5.41) is 4.98. The van der Waals surface area contributed by atoms with Crippen LogP contribution in [0.25, 0.3) is 0 Å². The van der Waals surface area contributed by atoms with E-state index in [4.69, 9.17) is 10.1 Å². The van der Waals surface area contributed by atoms with Crippen LogP contribution >= 0.6 is 0 Å². The van der Waals surface area contributed by atoms with Crippen molar-refractivity contribution in [3.05, 3.63) is 47.5 Å². The highest BCUT2D eigenvalue weighted by Crippen LogP contribution is 2.48. The summed E-state index contributed by atoms with van der Waals surface area (Å²) < 4.78 is 2.24. The zero-order chi connectivity index (χ0) is 16.6. The van der Waals surface area contributed by atoms with Crippen LogP contribution in [0.2, 0.25) is 0 Å². The fourth-order valence-corrected chi connectivity index (χ4v) is 5.80. The van der Waals surface area contributed by atoms with Crippen molar-refractivity contribution < 1.29 is 0 Å². The molecule has 3 nitrogen and oxygen atoms in total. The van der Waals surface area contributed by atoms with E-state index in [2.05, 4.69) is 35.0 Å². The van der Waals surface area contributed by atoms with Gasteiger partial charge in [0.05, 0.1) is 0 Å². The van der Waals surface area contributed by atoms with Gasteiger partial charge in [0.1, 0.15) is 5.82 Å². The lowest BCUT2D eigenvalue weighted by atomic mass is 9.77. The van der Waals surface area contributed by atoms with Crippen LogP contribution in [0, 0.1) is 17.8 Å². The summed E-state index contributed by atoms with van der Waals surface area (Å²) in [5.74, 6) is 5.53. The molecular formula is C22H29N3. The molecule has 5 rings (SSSR count). The molecule has 4 atom stereocenters. The maximum Gasteiger partial charge on any atom is 0.151 e. The third-order valence-electron chi connectivity index (χ3n) is 7.06. The van der Waals surface area contributed by atoms with Crippen LogP contribution in [0.1, 0.15) is 74.5 Å². The minimum Gasteiger partial charge on any atom is -0.249 e. The minimum atomic E-state index is 0.424. The molecule has 2 fully saturated rings. The molecule has 1 aromatic carbocycles. The van der Waals surface area contributed by atoms with Crippen molar-refractivity contribution in [3.8, 4) is 0 Å². The molecule has 25 heavy (non-hydrogen) atoms. The van der Waals surface area contributed by atoms with E-state index >= 15 is 0 Å². The first-order valence-electron chi connectivity index (χ1n) is 10.4. The first-order valence-corrected chi connectivity index (χ1v) is 10.4. The molecule has 3 aliphatic rings. The molecule has 0 amide bonds. The molecule has 0 saturated heterocycles. The molecule has 2 aromatic rings. The zero-order valence-electron chi connectivity index (χ0n) is 15.1. The highest BCUT2D eigenvalue weighted by atomic mass is 15.3. The highest BCUT2D eigenvalue weighted by molar-refractivity contribution is 5.26. The van der Waals surface area contributed by atoms with Gasteiger partial charge in [-0.25, -0.2) is 9.67 Å². The van der Waals surface area contributed by atoms with E-state index in [1.54, 1.807) is 0 Å². The van der Waals surface area contributed by atoms with Crippen LogP contribution < -0.4 is 0 Å². The maximum atomic E-state index is 5.11. The molecule has 2 heterocycles. The van der Waals surface area contributed by atoms with E-state index < -0.39 is 0 Å². The number of benzene rings is 1. The van der Waals surface area contributed by atoms with Gasteiger partial charge in [-0.3, -0.25) is 0 Å². The molecule has 0 spiro atoms. The smallest absolute Gasteiger partial charge is 0.151 e. The Balaban J connectivity index is 1.43. The van der Waals surface area contributed by atoms with Crippen LogP contribution in [0.3, 0.4) is 0 Å². The Hall–Kier alpha value is -1.64. The highest BCUT2D eigenvalue weighted by Gasteiger charge is 2.39. The quantitative estimate of drug-likeness (QED) is 0.793. The third kappa shape index (κ3) is 2.92. The van der Waals surface area contributed by atoms with Gasteiger partial charge >= 0.3 is 0 Å². The molecule has 132 valence electrons. The third-order valence-corrected chi connectivity index (χ3v) is 7.06. The minimum absolute atomic E-state index is 0.424. The Bertz CT molecular complexity index is 704. The SMILES string of the molecule is c1ccc(C2CCCCn3nc(CC4[C@@H]5CCC[C@H]4CC5)nc32)cc1. The molecule has 1 aromatic heterocycles. The molecule has 2 unspecified atom stereocenters. The van der Waals surface area contributed by atoms with Gasteiger partial charge in [-0.15, -0.1) is 0 Å². The Labute approximate surface area is 150 Å². The summed E-state index contributed by atoms with van der Waals surface area (Å²) in [5.41, 5.74) is 1.40. The average Bonchev–Trinajstić information content (AvgIpc) is 3.04. The number of aromatic nitrogens is 3. The standard InChI is InChI=1S/C22H29N3/c1-2-7-16(8-3-1)19-11-4-5-14-25-22(19)23-21(24-25)15-20-17-9-6-10-18(20)13-12-17/h1-3,7-8,17-20H,4-6,9-15H2/t17-,18+,19?,20?. The molecule has 2 saturated carbocycles. The second kappa shape index (κ2) is 6.59. The fraction of sp³-hybridized carbons (Fsp3) is 0.636. The Morgan fingerprint density at radius 2 is 1.68 bits per heavy atom. The van der Waals surface area contributed by atoms with E-state index in [1.807, 2.05) is 0 Å². The molecule has 2 bridgehead atoms.